The van der Waals surface area contributed by atoms with E-state index in [1.54, 1.807) is 6.92 Å². The molecule has 0 aromatic carbocycles. The molecule has 8 nitrogen and oxygen atoms in total. The minimum atomic E-state index is -0.994. The minimum Gasteiger partial charge on any atom is -0.494 e. The van der Waals surface area contributed by atoms with Crippen LogP contribution in [0.25, 0.3) is 0 Å². The van der Waals surface area contributed by atoms with Crippen molar-refractivity contribution >= 4 is 23.8 Å². The van der Waals surface area contributed by atoms with E-state index in [2.05, 4.69) is 15.2 Å². The highest BCUT2D eigenvalue weighted by molar-refractivity contribution is 7.97. The van der Waals surface area contributed by atoms with Gasteiger partial charge in [-0.1, -0.05) is 0 Å². The highest BCUT2D eigenvalue weighted by Crippen LogP contribution is 2.32. The number of nitrogens with zero attached hydrogens (tertiary/aromatic N) is 3. The molecule has 0 bridgehead atoms. The van der Waals surface area contributed by atoms with Crippen LogP contribution in [0.5, 0.6) is 11.8 Å². The molecule has 9 heteroatoms. The van der Waals surface area contributed by atoms with Crippen LogP contribution >= 0.6 is 11.9 Å². The molecular formula is C9H12N4O4S. The summed E-state index contributed by atoms with van der Waals surface area (Å²) in [6, 6.07) is 1.22. The Labute approximate surface area is 107 Å². The fourth-order valence-electron chi connectivity index (χ4n) is 0.982. The Morgan fingerprint density at radius 2 is 2.17 bits per heavy atom. The van der Waals surface area contributed by atoms with Gasteiger partial charge in [-0.25, -0.2) is 0 Å². The molecule has 98 valence electrons. The molecule has 2 amide bonds. The molecule has 0 saturated carbocycles. The summed E-state index contributed by atoms with van der Waals surface area (Å²) in [6.07, 6.45) is 0. The van der Waals surface area contributed by atoms with Gasteiger partial charge in [-0.05, 0) is 18.9 Å². The molecule has 1 aromatic rings. The number of hydrogen-bond donors (Lipinski definition) is 3. The van der Waals surface area contributed by atoms with Gasteiger partial charge in [0, 0.05) is 13.1 Å². The summed E-state index contributed by atoms with van der Waals surface area (Å²) >= 11 is 0.781. The Hall–Kier alpha value is -2.03. The highest BCUT2D eigenvalue weighted by atomic mass is 32.2. The predicted octanol–water partition coefficient (Wildman–Crippen LogP) is 0.890. The first-order valence-corrected chi connectivity index (χ1v) is 5.71. The lowest BCUT2D eigenvalue weighted by Gasteiger charge is -2.11. The van der Waals surface area contributed by atoms with E-state index in [0.29, 0.717) is 6.54 Å². The summed E-state index contributed by atoms with van der Waals surface area (Å²) in [7, 11) is 1.34. The number of likely N-dealkylation sites (N-methyl/N-ethyl adjacent to an activating group) is 1. The van der Waals surface area contributed by atoms with E-state index in [-0.39, 0.29) is 16.7 Å². The summed E-state index contributed by atoms with van der Waals surface area (Å²) in [5.74, 6) is -2.41. The number of aromatic nitrogens is 1. The highest BCUT2D eigenvalue weighted by Gasteiger charge is 2.21. The molecule has 0 radical (unpaired) electrons. The maximum atomic E-state index is 11.5. The number of amides is 2. The van der Waals surface area contributed by atoms with Gasteiger partial charge in [-0.15, -0.1) is 5.11 Å². The monoisotopic (exact) mass is 272 g/mol. The zero-order valence-corrected chi connectivity index (χ0v) is 10.6. The number of hydrogen-bond acceptors (Lipinski definition) is 6. The maximum absolute atomic E-state index is 11.5. The van der Waals surface area contributed by atoms with Crippen LogP contribution in [0.4, 0.5) is 0 Å². The fraction of sp³-hybridized carbons (Fsp3) is 0.333. The number of nitrogens with one attached hydrogen (secondary N) is 1. The number of carbonyl (C=O) groups is 2. The van der Waals surface area contributed by atoms with Crippen molar-refractivity contribution in [3.63, 3.8) is 0 Å². The zero-order valence-electron chi connectivity index (χ0n) is 9.75. The van der Waals surface area contributed by atoms with Crippen LogP contribution in [0.1, 0.15) is 6.92 Å². The van der Waals surface area contributed by atoms with Crippen molar-refractivity contribution in [2.45, 2.75) is 11.8 Å². The molecule has 1 aromatic heterocycles. The smallest absolute Gasteiger partial charge is 0.354 e. The van der Waals surface area contributed by atoms with Crippen LogP contribution in [-0.4, -0.2) is 44.9 Å². The Balaban J connectivity index is 2.68. The summed E-state index contributed by atoms with van der Waals surface area (Å²) in [5.41, 5.74) is 0. The molecule has 1 rings (SSSR count). The zero-order chi connectivity index (χ0) is 13.7. The van der Waals surface area contributed by atoms with Gasteiger partial charge in [-0.2, -0.15) is 5.11 Å². The van der Waals surface area contributed by atoms with Crippen molar-refractivity contribution < 1.29 is 19.8 Å². The van der Waals surface area contributed by atoms with Gasteiger partial charge in [0.05, 0.1) is 11.4 Å². The third-order valence-electron chi connectivity index (χ3n) is 1.75. The topological polar surface area (TPSA) is 118 Å². The number of rotatable bonds is 3. The summed E-state index contributed by atoms with van der Waals surface area (Å²) < 4.78 is 0.985. The third kappa shape index (κ3) is 3.48. The van der Waals surface area contributed by atoms with Crippen molar-refractivity contribution in [2.75, 3.05) is 13.6 Å². The standard InChI is InChI=1S/C9H12N4O4S/c1-3-10-12-8(16)9(17)13(2)18-5-4-6(14)11-7(5)15/h4,11,14-15H,3H2,1-2H3. The molecule has 0 aliphatic heterocycles. The normalized spacial score (nSPS) is 10.8. The Morgan fingerprint density at radius 1 is 1.50 bits per heavy atom. The lowest BCUT2D eigenvalue weighted by molar-refractivity contribution is -0.140. The molecular weight excluding hydrogens is 260 g/mol. The third-order valence-corrected chi connectivity index (χ3v) is 2.70. The fourth-order valence-corrected chi connectivity index (χ4v) is 1.74. The average Bonchev–Trinajstić information content (AvgIpc) is 2.63. The summed E-state index contributed by atoms with van der Waals surface area (Å²) in [5, 5.41) is 25.0. The van der Waals surface area contributed by atoms with Crippen LogP contribution in [0.2, 0.25) is 0 Å². The van der Waals surface area contributed by atoms with Crippen LogP contribution in [0.15, 0.2) is 21.2 Å². The van der Waals surface area contributed by atoms with Gasteiger partial charge in [0.15, 0.2) is 5.88 Å². The molecule has 0 atom stereocenters. The van der Waals surface area contributed by atoms with E-state index >= 15 is 0 Å². The summed E-state index contributed by atoms with van der Waals surface area (Å²) in [6.45, 7) is 1.99. The first kappa shape index (κ1) is 14.0. The first-order chi connectivity index (χ1) is 8.45. The second-order valence-corrected chi connectivity index (χ2v) is 4.29. The molecule has 1 heterocycles. The van der Waals surface area contributed by atoms with Crippen molar-refractivity contribution in [1.82, 2.24) is 9.29 Å². The molecule has 0 unspecified atom stereocenters. The number of carbonyl (C=O) groups excluding carboxylic acids is 2. The maximum Gasteiger partial charge on any atom is 0.354 e. The van der Waals surface area contributed by atoms with E-state index in [9.17, 15) is 14.7 Å². The minimum absolute atomic E-state index is 0.212. The van der Waals surface area contributed by atoms with E-state index in [0.717, 1.165) is 16.3 Å². The van der Waals surface area contributed by atoms with Crippen molar-refractivity contribution in [3.05, 3.63) is 6.07 Å². The first-order valence-electron chi connectivity index (χ1n) is 4.94. The number of aromatic hydroxyl groups is 2. The number of azo groups is 1. The van der Waals surface area contributed by atoms with Crippen LogP contribution in [0, 0.1) is 0 Å². The second kappa shape index (κ2) is 6.05. The van der Waals surface area contributed by atoms with E-state index < -0.39 is 11.8 Å². The molecule has 0 aliphatic rings. The lowest BCUT2D eigenvalue weighted by atomic mass is 10.6. The van der Waals surface area contributed by atoms with Gasteiger partial charge in [0.1, 0.15) is 0 Å². The molecule has 0 fully saturated rings. The van der Waals surface area contributed by atoms with Gasteiger partial charge in [-0.3, -0.25) is 18.9 Å². The molecule has 0 saturated heterocycles. The van der Waals surface area contributed by atoms with Crippen LogP contribution in [0.3, 0.4) is 0 Å². The Bertz CT molecular complexity index is 485. The molecule has 18 heavy (non-hydrogen) atoms. The van der Waals surface area contributed by atoms with Crippen molar-refractivity contribution in [3.8, 4) is 11.8 Å². The van der Waals surface area contributed by atoms with E-state index in [1.807, 2.05) is 0 Å². The Morgan fingerprint density at radius 3 is 2.67 bits per heavy atom. The average molecular weight is 272 g/mol. The van der Waals surface area contributed by atoms with Crippen LogP contribution < -0.4 is 0 Å². The molecule has 0 aliphatic carbocycles. The number of aromatic amines is 1. The second-order valence-electron chi connectivity index (χ2n) is 3.12. The van der Waals surface area contributed by atoms with E-state index in [4.69, 9.17) is 5.11 Å². The van der Waals surface area contributed by atoms with Gasteiger partial charge < -0.3 is 10.2 Å². The van der Waals surface area contributed by atoms with Gasteiger partial charge in [0.25, 0.3) is 0 Å². The predicted molar refractivity (Wildman–Crippen MR) is 63.2 cm³/mol. The van der Waals surface area contributed by atoms with Crippen LogP contribution in [-0.2, 0) is 9.59 Å². The Kier molecular flexibility index (Phi) is 4.72. The van der Waals surface area contributed by atoms with E-state index in [1.165, 1.54) is 13.1 Å². The molecule has 0 spiro atoms. The lowest BCUT2D eigenvalue weighted by Crippen LogP contribution is -2.26. The summed E-state index contributed by atoms with van der Waals surface area (Å²) in [4.78, 5) is 25.2. The SMILES string of the molecule is CCN=NC(=O)C(=O)N(C)Sc1cc(O)[nH]c1O. The largest absolute Gasteiger partial charge is 0.494 e. The van der Waals surface area contributed by atoms with Crippen molar-refractivity contribution in [1.29, 1.82) is 0 Å². The molecule has 3 N–H and O–H groups in total. The van der Waals surface area contributed by atoms with Gasteiger partial charge >= 0.3 is 11.8 Å². The number of H-pyrrole nitrogens is 1. The van der Waals surface area contributed by atoms with Crippen molar-refractivity contribution in [2.24, 2.45) is 10.2 Å². The quantitative estimate of drug-likeness (QED) is 0.429. The van der Waals surface area contributed by atoms with Gasteiger partial charge in [0.2, 0.25) is 5.88 Å².